The molecule has 0 aliphatic heterocycles. The maximum atomic E-state index is 13.5. The Bertz CT molecular complexity index is 615. The highest BCUT2D eigenvalue weighted by Crippen LogP contribution is 2.18. The molecule has 0 aliphatic rings. The topological polar surface area (TPSA) is 92.0 Å². The molecule has 2 rings (SSSR count). The third-order valence-corrected chi connectivity index (χ3v) is 2.58. The molecule has 0 unspecified atom stereocenters. The number of aryl methyl sites for hydroxylation is 1. The Morgan fingerprint density at radius 3 is 2.45 bits per heavy atom. The van der Waals surface area contributed by atoms with Gasteiger partial charge in [0.1, 0.15) is 5.82 Å². The highest BCUT2D eigenvalue weighted by atomic mass is 19.1. The van der Waals surface area contributed by atoms with Gasteiger partial charge in [0.2, 0.25) is 17.8 Å². The van der Waals surface area contributed by atoms with E-state index in [4.69, 9.17) is 5.84 Å². The zero-order valence-electron chi connectivity index (χ0n) is 11.5. The van der Waals surface area contributed by atoms with E-state index < -0.39 is 0 Å². The zero-order chi connectivity index (χ0) is 14.7. The number of hydrazine groups is 1. The molecule has 20 heavy (non-hydrogen) atoms. The van der Waals surface area contributed by atoms with Crippen LogP contribution in [0.5, 0.6) is 0 Å². The first-order chi connectivity index (χ1) is 9.49. The van der Waals surface area contributed by atoms with Crippen molar-refractivity contribution >= 4 is 23.5 Å². The Morgan fingerprint density at radius 1 is 1.15 bits per heavy atom. The van der Waals surface area contributed by atoms with Crippen molar-refractivity contribution in [3.05, 3.63) is 29.6 Å². The van der Waals surface area contributed by atoms with Crippen molar-refractivity contribution in [1.29, 1.82) is 0 Å². The van der Waals surface area contributed by atoms with Gasteiger partial charge in [0.25, 0.3) is 0 Å². The molecule has 0 amide bonds. The van der Waals surface area contributed by atoms with E-state index >= 15 is 0 Å². The molecule has 0 saturated carbocycles. The molecule has 0 aliphatic carbocycles. The fourth-order valence-corrected chi connectivity index (χ4v) is 1.48. The van der Waals surface area contributed by atoms with Crippen LogP contribution in [0.15, 0.2) is 18.2 Å². The van der Waals surface area contributed by atoms with Gasteiger partial charge in [-0.15, -0.1) is 0 Å². The number of anilines is 4. The van der Waals surface area contributed by atoms with Gasteiger partial charge in [0.05, 0.1) is 0 Å². The van der Waals surface area contributed by atoms with Crippen LogP contribution < -0.4 is 21.5 Å². The molecule has 0 fully saturated rings. The summed E-state index contributed by atoms with van der Waals surface area (Å²) in [6.45, 7) is 1.70. The third kappa shape index (κ3) is 3.09. The van der Waals surface area contributed by atoms with Gasteiger partial charge in [-0.25, -0.2) is 10.2 Å². The second-order valence-corrected chi connectivity index (χ2v) is 4.41. The van der Waals surface area contributed by atoms with E-state index in [9.17, 15) is 4.39 Å². The van der Waals surface area contributed by atoms with E-state index in [1.807, 2.05) is 0 Å². The zero-order valence-corrected chi connectivity index (χ0v) is 11.5. The first-order valence-electron chi connectivity index (χ1n) is 5.93. The molecule has 7 nitrogen and oxygen atoms in total. The lowest BCUT2D eigenvalue weighted by molar-refractivity contribution is 0.619. The first kappa shape index (κ1) is 13.9. The van der Waals surface area contributed by atoms with Crippen molar-refractivity contribution in [3.63, 3.8) is 0 Å². The normalized spacial score (nSPS) is 10.2. The molecule has 1 heterocycles. The molecule has 0 saturated heterocycles. The van der Waals surface area contributed by atoms with Gasteiger partial charge in [-0.1, -0.05) is 6.07 Å². The number of aromatic nitrogens is 3. The summed E-state index contributed by atoms with van der Waals surface area (Å²) in [5, 5.41) is 2.92. The average Bonchev–Trinajstić information content (AvgIpc) is 2.42. The highest BCUT2D eigenvalue weighted by molar-refractivity contribution is 5.56. The van der Waals surface area contributed by atoms with Crippen LogP contribution in [0.25, 0.3) is 0 Å². The van der Waals surface area contributed by atoms with Crippen LogP contribution in [0, 0.1) is 12.7 Å². The van der Waals surface area contributed by atoms with Crippen molar-refractivity contribution in [2.75, 3.05) is 29.7 Å². The highest BCUT2D eigenvalue weighted by Gasteiger charge is 2.08. The van der Waals surface area contributed by atoms with Crippen molar-refractivity contribution in [1.82, 2.24) is 15.0 Å². The largest absolute Gasteiger partial charge is 0.347 e. The van der Waals surface area contributed by atoms with Gasteiger partial charge in [0.15, 0.2) is 0 Å². The first-order valence-corrected chi connectivity index (χ1v) is 5.93. The summed E-state index contributed by atoms with van der Waals surface area (Å²) < 4.78 is 13.5. The van der Waals surface area contributed by atoms with Crippen LogP contribution >= 0.6 is 0 Å². The number of hydrogen-bond acceptors (Lipinski definition) is 7. The quantitative estimate of drug-likeness (QED) is 0.575. The lowest BCUT2D eigenvalue weighted by Gasteiger charge is -2.13. The lowest BCUT2D eigenvalue weighted by Crippen LogP contribution is -2.18. The summed E-state index contributed by atoms with van der Waals surface area (Å²) in [6, 6.07) is 4.80. The van der Waals surface area contributed by atoms with E-state index in [2.05, 4.69) is 25.7 Å². The summed E-state index contributed by atoms with van der Waals surface area (Å²) in [5.41, 5.74) is 3.49. The summed E-state index contributed by atoms with van der Waals surface area (Å²) in [4.78, 5) is 14.1. The monoisotopic (exact) mass is 277 g/mol. The number of nitrogens with zero attached hydrogens (tertiary/aromatic N) is 4. The average molecular weight is 277 g/mol. The van der Waals surface area contributed by atoms with Crippen molar-refractivity contribution in [3.8, 4) is 0 Å². The Hall–Kier alpha value is -2.48. The standard InChI is InChI=1S/C12H16FN7/c1-7-4-5-8(6-9(7)13)15-10-16-11(19-14)18-12(17-10)20(2)3/h4-6H,14H2,1-3H3,(H2,15,16,17,18,19). The minimum absolute atomic E-state index is 0.221. The van der Waals surface area contributed by atoms with E-state index in [0.29, 0.717) is 17.2 Å². The maximum absolute atomic E-state index is 13.5. The molecule has 0 atom stereocenters. The van der Waals surface area contributed by atoms with E-state index in [0.717, 1.165) is 0 Å². The molecule has 1 aromatic carbocycles. The Balaban J connectivity index is 2.32. The van der Waals surface area contributed by atoms with Crippen LogP contribution in [0.3, 0.4) is 0 Å². The van der Waals surface area contributed by atoms with Gasteiger partial charge in [-0.2, -0.15) is 15.0 Å². The SMILES string of the molecule is Cc1ccc(Nc2nc(NN)nc(N(C)C)n2)cc1F. The molecule has 0 bridgehead atoms. The maximum Gasteiger partial charge on any atom is 0.243 e. The molecule has 8 heteroatoms. The molecule has 2 aromatic rings. The van der Waals surface area contributed by atoms with Crippen LogP contribution in [-0.4, -0.2) is 29.0 Å². The number of hydrogen-bond donors (Lipinski definition) is 3. The number of nitrogens with two attached hydrogens (primary N) is 1. The van der Waals surface area contributed by atoms with Crippen molar-refractivity contribution in [2.45, 2.75) is 6.92 Å². The van der Waals surface area contributed by atoms with Gasteiger partial charge in [-0.05, 0) is 24.6 Å². The molecular weight excluding hydrogens is 261 g/mol. The second kappa shape index (κ2) is 5.66. The van der Waals surface area contributed by atoms with E-state index in [-0.39, 0.29) is 17.7 Å². The number of nitrogens with one attached hydrogen (secondary N) is 2. The number of nitrogen functional groups attached to an aromatic ring is 1. The Kier molecular flexibility index (Phi) is 3.94. The number of benzene rings is 1. The fourth-order valence-electron chi connectivity index (χ4n) is 1.48. The minimum atomic E-state index is -0.297. The van der Waals surface area contributed by atoms with Crippen molar-refractivity contribution in [2.24, 2.45) is 5.84 Å². The van der Waals surface area contributed by atoms with Gasteiger partial charge in [0, 0.05) is 19.8 Å². The third-order valence-electron chi connectivity index (χ3n) is 2.58. The van der Waals surface area contributed by atoms with Crippen LogP contribution in [0.2, 0.25) is 0 Å². The van der Waals surface area contributed by atoms with E-state index in [1.54, 1.807) is 38.1 Å². The van der Waals surface area contributed by atoms with Crippen molar-refractivity contribution < 1.29 is 4.39 Å². The van der Waals surface area contributed by atoms with Crippen LogP contribution in [-0.2, 0) is 0 Å². The summed E-state index contributed by atoms with van der Waals surface area (Å²) in [6.07, 6.45) is 0. The molecule has 1 aromatic heterocycles. The van der Waals surface area contributed by atoms with Gasteiger partial charge >= 0.3 is 0 Å². The molecule has 0 spiro atoms. The molecule has 4 N–H and O–H groups in total. The minimum Gasteiger partial charge on any atom is -0.347 e. The predicted octanol–water partition coefficient (Wildman–Crippen LogP) is 1.41. The fraction of sp³-hybridized carbons (Fsp3) is 0.250. The van der Waals surface area contributed by atoms with Gasteiger partial charge in [-0.3, -0.25) is 5.43 Å². The summed E-state index contributed by atoms with van der Waals surface area (Å²) in [5.74, 6) is 5.95. The van der Waals surface area contributed by atoms with E-state index in [1.165, 1.54) is 6.07 Å². The van der Waals surface area contributed by atoms with Gasteiger partial charge < -0.3 is 10.2 Å². The predicted molar refractivity (Wildman–Crippen MR) is 76.4 cm³/mol. The molecule has 106 valence electrons. The number of halogens is 1. The Morgan fingerprint density at radius 2 is 1.85 bits per heavy atom. The Labute approximate surface area is 116 Å². The smallest absolute Gasteiger partial charge is 0.243 e. The van der Waals surface area contributed by atoms with Crippen LogP contribution in [0.4, 0.5) is 27.9 Å². The lowest BCUT2D eigenvalue weighted by atomic mass is 10.2. The summed E-state index contributed by atoms with van der Waals surface area (Å²) in [7, 11) is 3.59. The summed E-state index contributed by atoms with van der Waals surface area (Å²) >= 11 is 0. The second-order valence-electron chi connectivity index (χ2n) is 4.41. The van der Waals surface area contributed by atoms with Crippen LogP contribution in [0.1, 0.15) is 5.56 Å². The number of rotatable bonds is 4. The molecular formula is C12H16FN7. The molecule has 0 radical (unpaired) electrons.